The third-order valence-electron chi connectivity index (χ3n) is 3.50. The monoisotopic (exact) mass is 349 g/mol. The Morgan fingerprint density at radius 3 is 2.50 bits per heavy atom. The van der Waals surface area contributed by atoms with Gasteiger partial charge in [-0.25, -0.2) is 22.3 Å². The molecular formula is C16H16FN3O3S. The Morgan fingerprint density at radius 1 is 1.21 bits per heavy atom. The summed E-state index contributed by atoms with van der Waals surface area (Å²) in [5.74, 6) is -0.522. The first kappa shape index (κ1) is 16.4. The van der Waals surface area contributed by atoms with E-state index in [1.54, 1.807) is 26.8 Å². The molecule has 0 saturated carbocycles. The largest absolute Gasteiger partial charge is 0.476 e. The number of aromatic nitrogens is 3. The van der Waals surface area contributed by atoms with Gasteiger partial charge in [0.2, 0.25) is 9.84 Å². The molecule has 0 radical (unpaired) electrons. The molecule has 0 unspecified atom stereocenters. The molecule has 6 nitrogen and oxygen atoms in total. The van der Waals surface area contributed by atoms with E-state index in [1.165, 1.54) is 16.6 Å². The fourth-order valence-corrected chi connectivity index (χ4v) is 3.91. The summed E-state index contributed by atoms with van der Waals surface area (Å²) in [5, 5.41) is 4.23. The predicted molar refractivity (Wildman–Crippen MR) is 85.5 cm³/mol. The molecule has 0 spiro atoms. The Labute approximate surface area is 138 Å². The molecule has 126 valence electrons. The van der Waals surface area contributed by atoms with Crippen LogP contribution in [0.5, 0.6) is 5.88 Å². The van der Waals surface area contributed by atoms with Gasteiger partial charge in [0.05, 0.1) is 11.5 Å². The van der Waals surface area contributed by atoms with Crippen LogP contribution in [0, 0.1) is 19.7 Å². The van der Waals surface area contributed by atoms with E-state index in [0.717, 1.165) is 17.8 Å². The number of benzene rings is 1. The molecule has 8 heteroatoms. The van der Waals surface area contributed by atoms with E-state index in [0.29, 0.717) is 5.69 Å². The van der Waals surface area contributed by atoms with Crippen molar-refractivity contribution in [2.75, 3.05) is 6.61 Å². The highest BCUT2D eigenvalue weighted by Crippen LogP contribution is 2.32. The maximum absolute atomic E-state index is 13.1. The van der Waals surface area contributed by atoms with Crippen molar-refractivity contribution in [2.45, 2.75) is 30.6 Å². The number of rotatable bonds is 4. The zero-order chi connectivity index (χ0) is 17.5. The lowest BCUT2D eigenvalue weighted by atomic mass is 10.3. The number of ether oxygens (including phenoxy) is 1. The fraction of sp³-hybridized carbons (Fsp3) is 0.250. The van der Waals surface area contributed by atoms with Crippen LogP contribution in [0.25, 0.3) is 5.65 Å². The van der Waals surface area contributed by atoms with Crippen molar-refractivity contribution < 1.29 is 17.5 Å². The lowest BCUT2D eigenvalue weighted by Crippen LogP contribution is -2.06. The Bertz CT molecular complexity index is 1010. The molecule has 0 amide bonds. The van der Waals surface area contributed by atoms with Crippen LogP contribution >= 0.6 is 0 Å². The maximum atomic E-state index is 13.1. The van der Waals surface area contributed by atoms with Crippen molar-refractivity contribution in [3.05, 3.63) is 47.5 Å². The van der Waals surface area contributed by atoms with E-state index in [1.807, 2.05) is 0 Å². The topological polar surface area (TPSA) is 73.6 Å². The standard InChI is InChI=1S/C16H16FN3O3S/c1-4-23-16-14(15-18-10(2)9-11(3)20(15)19-16)24(21,22)13-7-5-12(17)6-8-13/h5-9H,4H2,1-3H3. The van der Waals surface area contributed by atoms with Gasteiger partial charge >= 0.3 is 0 Å². The summed E-state index contributed by atoms with van der Waals surface area (Å²) in [6, 6.07) is 6.43. The summed E-state index contributed by atoms with van der Waals surface area (Å²) in [6.45, 7) is 5.57. The van der Waals surface area contributed by atoms with E-state index in [2.05, 4.69) is 10.1 Å². The second-order valence-corrected chi connectivity index (χ2v) is 7.19. The van der Waals surface area contributed by atoms with Crippen molar-refractivity contribution in [1.29, 1.82) is 0 Å². The Morgan fingerprint density at radius 2 is 1.88 bits per heavy atom. The molecule has 3 rings (SSSR count). The number of sulfone groups is 1. The molecule has 0 aliphatic carbocycles. The lowest BCUT2D eigenvalue weighted by molar-refractivity contribution is 0.317. The average molecular weight is 349 g/mol. The van der Waals surface area contributed by atoms with Crippen LogP contribution in [0.4, 0.5) is 4.39 Å². The molecule has 2 aromatic heterocycles. The maximum Gasteiger partial charge on any atom is 0.255 e. The van der Waals surface area contributed by atoms with Gasteiger partial charge in [0.1, 0.15) is 5.82 Å². The van der Waals surface area contributed by atoms with Gasteiger partial charge in [-0.3, -0.25) is 0 Å². The zero-order valence-electron chi connectivity index (χ0n) is 13.4. The van der Waals surface area contributed by atoms with Gasteiger partial charge in [0.15, 0.2) is 10.5 Å². The molecule has 2 heterocycles. The number of hydrogen-bond acceptors (Lipinski definition) is 5. The number of fused-ring (bicyclic) bond motifs is 1. The molecular weight excluding hydrogens is 333 g/mol. The van der Waals surface area contributed by atoms with E-state index >= 15 is 0 Å². The van der Waals surface area contributed by atoms with Gasteiger partial charge in [-0.05, 0) is 51.1 Å². The van der Waals surface area contributed by atoms with Crippen molar-refractivity contribution in [2.24, 2.45) is 0 Å². The van der Waals surface area contributed by atoms with E-state index < -0.39 is 15.7 Å². The highest BCUT2D eigenvalue weighted by Gasteiger charge is 2.30. The van der Waals surface area contributed by atoms with Crippen LogP contribution in [-0.4, -0.2) is 29.6 Å². The predicted octanol–water partition coefficient (Wildman–Crippen LogP) is 2.72. The minimum atomic E-state index is -3.96. The quantitative estimate of drug-likeness (QED) is 0.677. The smallest absolute Gasteiger partial charge is 0.255 e. The van der Waals surface area contributed by atoms with E-state index in [4.69, 9.17) is 4.74 Å². The van der Waals surface area contributed by atoms with Gasteiger partial charge in [0, 0.05) is 11.4 Å². The number of nitrogens with zero attached hydrogens (tertiary/aromatic N) is 3. The van der Waals surface area contributed by atoms with Gasteiger partial charge in [-0.2, -0.15) is 0 Å². The SMILES string of the molecule is CCOc1nn2c(C)cc(C)nc2c1S(=O)(=O)c1ccc(F)cc1. The highest BCUT2D eigenvalue weighted by molar-refractivity contribution is 7.91. The zero-order valence-corrected chi connectivity index (χ0v) is 14.3. The van der Waals surface area contributed by atoms with E-state index in [-0.39, 0.29) is 27.9 Å². The Kier molecular flexibility index (Phi) is 4.00. The third-order valence-corrected chi connectivity index (χ3v) is 5.28. The van der Waals surface area contributed by atoms with Crippen LogP contribution in [0.3, 0.4) is 0 Å². The van der Waals surface area contributed by atoms with Crippen LogP contribution in [0.2, 0.25) is 0 Å². The molecule has 0 aliphatic rings. The van der Waals surface area contributed by atoms with Gasteiger partial charge in [-0.15, -0.1) is 5.10 Å². The second kappa shape index (κ2) is 5.86. The van der Waals surface area contributed by atoms with Crippen LogP contribution in [0.1, 0.15) is 18.3 Å². The average Bonchev–Trinajstić information content (AvgIpc) is 2.87. The van der Waals surface area contributed by atoms with Crippen molar-refractivity contribution in [1.82, 2.24) is 14.6 Å². The number of aryl methyl sites for hydroxylation is 2. The summed E-state index contributed by atoms with van der Waals surface area (Å²) < 4.78 is 46.1. The molecule has 0 N–H and O–H groups in total. The number of hydrogen-bond donors (Lipinski definition) is 0. The van der Waals surface area contributed by atoms with Gasteiger partial charge < -0.3 is 4.74 Å². The van der Waals surface area contributed by atoms with E-state index in [9.17, 15) is 12.8 Å². The Balaban J connectivity index is 2.34. The summed E-state index contributed by atoms with van der Waals surface area (Å²) in [5.41, 5.74) is 1.60. The highest BCUT2D eigenvalue weighted by atomic mass is 32.2. The molecule has 0 fully saturated rings. The number of halogens is 1. The van der Waals surface area contributed by atoms with Crippen LogP contribution < -0.4 is 4.74 Å². The summed E-state index contributed by atoms with van der Waals surface area (Å²) in [4.78, 5) is 4.17. The van der Waals surface area contributed by atoms with Crippen molar-refractivity contribution in [3.63, 3.8) is 0 Å². The molecule has 0 bridgehead atoms. The Hall–Kier alpha value is -2.48. The first-order chi connectivity index (χ1) is 11.3. The summed E-state index contributed by atoms with van der Waals surface area (Å²) in [6.07, 6.45) is 0. The molecule has 3 aromatic rings. The molecule has 0 saturated heterocycles. The fourth-order valence-electron chi connectivity index (χ4n) is 2.48. The van der Waals surface area contributed by atoms with Crippen LogP contribution in [0.15, 0.2) is 40.1 Å². The molecule has 1 aromatic carbocycles. The first-order valence-corrected chi connectivity index (χ1v) is 8.83. The van der Waals surface area contributed by atoms with Crippen molar-refractivity contribution in [3.8, 4) is 5.88 Å². The summed E-state index contributed by atoms with van der Waals surface area (Å²) in [7, 11) is -3.96. The second-order valence-electron chi connectivity index (χ2n) is 5.30. The molecule has 0 atom stereocenters. The lowest BCUT2D eigenvalue weighted by Gasteiger charge is -2.06. The molecule has 0 aliphatic heterocycles. The third kappa shape index (κ3) is 2.62. The minimum absolute atomic E-state index is 0.0111. The van der Waals surface area contributed by atoms with Crippen molar-refractivity contribution >= 4 is 15.5 Å². The minimum Gasteiger partial charge on any atom is -0.476 e. The summed E-state index contributed by atoms with van der Waals surface area (Å²) >= 11 is 0. The van der Waals surface area contributed by atoms with Crippen LogP contribution in [-0.2, 0) is 9.84 Å². The van der Waals surface area contributed by atoms with Gasteiger partial charge in [0.25, 0.3) is 5.88 Å². The normalized spacial score (nSPS) is 11.8. The van der Waals surface area contributed by atoms with Gasteiger partial charge in [-0.1, -0.05) is 0 Å². The first-order valence-electron chi connectivity index (χ1n) is 7.35. The molecule has 24 heavy (non-hydrogen) atoms.